The van der Waals surface area contributed by atoms with Crippen molar-refractivity contribution in [2.45, 2.75) is 11.8 Å². The van der Waals surface area contributed by atoms with Gasteiger partial charge in [-0.3, -0.25) is 9.71 Å². The molecule has 156 valence electrons. The van der Waals surface area contributed by atoms with E-state index in [1.54, 1.807) is 55.1 Å². The number of sulfonamides is 1. The third-order valence-corrected chi connectivity index (χ3v) is 5.77. The van der Waals surface area contributed by atoms with Gasteiger partial charge in [-0.15, -0.1) is 12.4 Å². The zero-order valence-corrected chi connectivity index (χ0v) is 17.9. The Morgan fingerprint density at radius 3 is 2.50 bits per heavy atom. The number of furan rings is 1. The molecule has 0 spiro atoms. The van der Waals surface area contributed by atoms with Gasteiger partial charge in [-0.1, -0.05) is 6.07 Å². The number of rotatable bonds is 6. The van der Waals surface area contributed by atoms with E-state index >= 15 is 0 Å². The maximum Gasteiger partial charge on any atom is 0.265 e. The van der Waals surface area contributed by atoms with E-state index in [2.05, 4.69) is 15.0 Å². The van der Waals surface area contributed by atoms with E-state index in [9.17, 15) is 8.42 Å². The number of hydrogen-bond acceptors (Lipinski definition) is 6. The predicted molar refractivity (Wildman–Crippen MR) is 120 cm³/mol. The molecule has 0 atom stereocenters. The third kappa shape index (κ3) is 4.34. The lowest BCUT2D eigenvalue weighted by Crippen LogP contribution is -2.14. The van der Waals surface area contributed by atoms with Crippen molar-refractivity contribution >= 4 is 50.5 Å². The largest absolute Gasteiger partial charge is 0.495 e. The topological polar surface area (TPSA) is 93.5 Å². The first-order valence-electron chi connectivity index (χ1n) is 8.82. The van der Waals surface area contributed by atoms with E-state index in [1.807, 2.05) is 19.1 Å². The molecule has 0 saturated heterocycles. The van der Waals surface area contributed by atoms with Crippen LogP contribution in [0.3, 0.4) is 0 Å². The van der Waals surface area contributed by atoms with Crippen LogP contribution in [0, 0.1) is 6.92 Å². The second kappa shape index (κ2) is 8.64. The highest BCUT2D eigenvalue weighted by Crippen LogP contribution is 2.33. The lowest BCUT2D eigenvalue weighted by atomic mass is 10.2. The molecule has 0 aliphatic rings. The summed E-state index contributed by atoms with van der Waals surface area (Å²) >= 11 is 0. The van der Waals surface area contributed by atoms with E-state index in [-0.39, 0.29) is 23.1 Å². The lowest BCUT2D eigenvalue weighted by molar-refractivity contribution is 0.402. The number of halogens is 1. The van der Waals surface area contributed by atoms with E-state index in [0.29, 0.717) is 17.0 Å². The minimum absolute atomic E-state index is 0. The Labute approximate surface area is 180 Å². The van der Waals surface area contributed by atoms with Crippen LogP contribution in [0.4, 0.5) is 17.1 Å². The standard InChI is InChI=1S/C21H19N3O4S.ClH/c1-14-3-4-19(27-2)20(11-14)29(25,26)24-17-12-15-7-10-28-21(15)18(13-17)23-16-5-8-22-9-6-16;/h3-13,24H,1-2H3,(H,22,23);1H. The highest BCUT2D eigenvalue weighted by atomic mass is 35.5. The van der Waals surface area contributed by atoms with Gasteiger partial charge in [0.25, 0.3) is 10.0 Å². The van der Waals surface area contributed by atoms with Crippen molar-refractivity contribution in [2.75, 3.05) is 17.1 Å². The molecule has 0 fully saturated rings. The smallest absolute Gasteiger partial charge is 0.265 e. The summed E-state index contributed by atoms with van der Waals surface area (Å²) in [6.07, 6.45) is 4.89. The van der Waals surface area contributed by atoms with Crippen molar-refractivity contribution in [1.82, 2.24) is 4.98 Å². The fourth-order valence-electron chi connectivity index (χ4n) is 3.03. The van der Waals surface area contributed by atoms with Crippen LogP contribution in [-0.2, 0) is 10.0 Å². The first-order chi connectivity index (χ1) is 14.0. The Kier molecular flexibility index (Phi) is 6.19. The average molecular weight is 446 g/mol. The summed E-state index contributed by atoms with van der Waals surface area (Å²) in [5.74, 6) is 0.280. The molecule has 2 N–H and O–H groups in total. The first kappa shape index (κ1) is 21.5. The van der Waals surface area contributed by atoms with Gasteiger partial charge in [0.05, 0.1) is 24.7 Å². The monoisotopic (exact) mass is 445 g/mol. The summed E-state index contributed by atoms with van der Waals surface area (Å²) in [5.41, 5.74) is 3.28. The average Bonchev–Trinajstić information content (AvgIpc) is 3.17. The summed E-state index contributed by atoms with van der Waals surface area (Å²) in [5, 5.41) is 4.00. The molecule has 30 heavy (non-hydrogen) atoms. The number of hydrogen-bond donors (Lipinski definition) is 2. The van der Waals surface area contributed by atoms with Crippen molar-refractivity contribution < 1.29 is 17.6 Å². The second-order valence-electron chi connectivity index (χ2n) is 6.48. The van der Waals surface area contributed by atoms with Crippen LogP contribution in [0.5, 0.6) is 5.75 Å². The van der Waals surface area contributed by atoms with Gasteiger partial charge in [0.2, 0.25) is 0 Å². The molecule has 0 aliphatic carbocycles. The number of benzene rings is 2. The van der Waals surface area contributed by atoms with E-state index in [0.717, 1.165) is 16.6 Å². The fraction of sp³-hybridized carbons (Fsp3) is 0.0952. The van der Waals surface area contributed by atoms with Crippen molar-refractivity contribution in [3.05, 3.63) is 72.8 Å². The molecule has 9 heteroatoms. The van der Waals surface area contributed by atoms with Gasteiger partial charge in [0, 0.05) is 23.5 Å². The van der Waals surface area contributed by atoms with E-state index in [1.165, 1.54) is 7.11 Å². The summed E-state index contributed by atoms with van der Waals surface area (Å²) in [4.78, 5) is 4.07. The van der Waals surface area contributed by atoms with Gasteiger partial charge in [-0.25, -0.2) is 8.42 Å². The Morgan fingerprint density at radius 1 is 1.00 bits per heavy atom. The van der Waals surface area contributed by atoms with Crippen LogP contribution in [-0.4, -0.2) is 20.5 Å². The summed E-state index contributed by atoms with van der Waals surface area (Å²) in [6.45, 7) is 1.83. The molecule has 2 heterocycles. The molecule has 0 aliphatic heterocycles. The Bertz CT molecular complexity index is 1270. The van der Waals surface area contributed by atoms with Crippen LogP contribution < -0.4 is 14.8 Å². The van der Waals surface area contributed by atoms with E-state index < -0.39 is 10.0 Å². The van der Waals surface area contributed by atoms with Crippen molar-refractivity contribution in [1.29, 1.82) is 0 Å². The van der Waals surface area contributed by atoms with Crippen LogP contribution in [0.1, 0.15) is 5.56 Å². The van der Waals surface area contributed by atoms with Gasteiger partial charge >= 0.3 is 0 Å². The molecule has 7 nitrogen and oxygen atoms in total. The van der Waals surface area contributed by atoms with Gasteiger partial charge in [-0.2, -0.15) is 0 Å². The molecule has 0 amide bonds. The number of anilines is 3. The number of fused-ring (bicyclic) bond motifs is 1. The molecule has 2 aromatic carbocycles. The second-order valence-corrected chi connectivity index (χ2v) is 8.13. The third-order valence-electron chi connectivity index (χ3n) is 4.37. The van der Waals surface area contributed by atoms with Gasteiger partial charge in [0.15, 0.2) is 5.58 Å². The number of aromatic nitrogens is 1. The lowest BCUT2D eigenvalue weighted by Gasteiger charge is -2.14. The van der Waals surface area contributed by atoms with Gasteiger partial charge in [-0.05, 0) is 55.0 Å². The highest BCUT2D eigenvalue weighted by molar-refractivity contribution is 7.92. The minimum atomic E-state index is -3.86. The normalized spacial score (nSPS) is 11.0. The number of aryl methyl sites for hydroxylation is 1. The fourth-order valence-corrected chi connectivity index (χ4v) is 4.32. The Hall–Kier alpha value is -3.23. The van der Waals surface area contributed by atoms with Crippen molar-refractivity contribution in [2.24, 2.45) is 0 Å². The van der Waals surface area contributed by atoms with Crippen LogP contribution >= 0.6 is 12.4 Å². The van der Waals surface area contributed by atoms with Crippen LogP contribution in [0.15, 0.2) is 76.5 Å². The number of nitrogens with zero attached hydrogens (tertiary/aromatic N) is 1. The maximum atomic E-state index is 13.0. The van der Waals surface area contributed by atoms with Crippen LogP contribution in [0.25, 0.3) is 11.0 Å². The minimum Gasteiger partial charge on any atom is -0.495 e. The quantitative estimate of drug-likeness (QED) is 0.428. The molecule has 4 aromatic rings. The molecule has 0 saturated carbocycles. The number of pyridine rings is 1. The van der Waals surface area contributed by atoms with Crippen molar-refractivity contribution in [3.8, 4) is 5.75 Å². The van der Waals surface area contributed by atoms with Gasteiger partial charge in [0.1, 0.15) is 10.6 Å². The molecule has 2 aromatic heterocycles. The summed E-state index contributed by atoms with van der Waals surface area (Å²) in [7, 11) is -2.42. The molecule has 0 bridgehead atoms. The maximum absolute atomic E-state index is 13.0. The molecule has 0 unspecified atom stereocenters. The predicted octanol–water partition coefficient (Wildman–Crippen LogP) is 5.11. The SMILES string of the molecule is COc1ccc(C)cc1S(=O)(=O)Nc1cc(Nc2ccncc2)c2occc2c1.Cl. The van der Waals surface area contributed by atoms with Crippen LogP contribution in [0.2, 0.25) is 0 Å². The van der Waals surface area contributed by atoms with E-state index in [4.69, 9.17) is 9.15 Å². The molecular formula is C21H20ClN3O4S. The zero-order valence-electron chi connectivity index (χ0n) is 16.2. The zero-order chi connectivity index (χ0) is 20.4. The molecule has 4 rings (SSSR count). The summed E-state index contributed by atoms with van der Waals surface area (Å²) < 4.78 is 39.5. The molecule has 0 radical (unpaired) electrons. The number of ether oxygens (including phenoxy) is 1. The highest BCUT2D eigenvalue weighted by Gasteiger charge is 2.21. The Morgan fingerprint density at radius 2 is 1.77 bits per heavy atom. The molecular weight excluding hydrogens is 426 g/mol. The summed E-state index contributed by atoms with van der Waals surface area (Å²) in [6, 6.07) is 13.8. The first-order valence-corrected chi connectivity index (χ1v) is 10.3. The number of methoxy groups -OCH3 is 1. The number of nitrogens with one attached hydrogen (secondary N) is 2. The van der Waals surface area contributed by atoms with Crippen molar-refractivity contribution in [3.63, 3.8) is 0 Å². The van der Waals surface area contributed by atoms with Gasteiger partial charge < -0.3 is 14.5 Å². The Balaban J connectivity index is 0.00000256.